The van der Waals surface area contributed by atoms with Crippen LogP contribution in [-0.4, -0.2) is 25.3 Å². The highest BCUT2D eigenvalue weighted by Crippen LogP contribution is 2.13. The average molecular weight is 252 g/mol. The SMILES string of the molecule is CC(C)Oc1ccc(CNCCOC(N)=O)cc1. The van der Waals surface area contributed by atoms with E-state index in [1.807, 2.05) is 38.1 Å². The molecule has 0 saturated heterocycles. The Labute approximate surface area is 107 Å². The lowest BCUT2D eigenvalue weighted by Gasteiger charge is -2.10. The molecule has 0 unspecified atom stereocenters. The van der Waals surface area contributed by atoms with E-state index in [1.54, 1.807) is 0 Å². The number of carbonyl (C=O) groups excluding carboxylic acids is 1. The fraction of sp³-hybridized carbons (Fsp3) is 0.462. The van der Waals surface area contributed by atoms with Gasteiger partial charge in [0.15, 0.2) is 0 Å². The van der Waals surface area contributed by atoms with Crippen LogP contribution < -0.4 is 15.8 Å². The second kappa shape index (κ2) is 7.55. The van der Waals surface area contributed by atoms with Crippen molar-refractivity contribution in [3.63, 3.8) is 0 Å². The van der Waals surface area contributed by atoms with E-state index in [0.29, 0.717) is 13.1 Å². The van der Waals surface area contributed by atoms with Crippen LogP contribution in [0.15, 0.2) is 24.3 Å². The highest BCUT2D eigenvalue weighted by atomic mass is 16.5. The van der Waals surface area contributed by atoms with Gasteiger partial charge in [-0.05, 0) is 31.5 Å². The first-order chi connectivity index (χ1) is 8.58. The summed E-state index contributed by atoms with van der Waals surface area (Å²) in [5.41, 5.74) is 5.98. The van der Waals surface area contributed by atoms with Crippen LogP contribution in [0.1, 0.15) is 19.4 Å². The first-order valence-electron chi connectivity index (χ1n) is 5.96. The number of hydrogen-bond acceptors (Lipinski definition) is 4. The summed E-state index contributed by atoms with van der Waals surface area (Å²) in [4.78, 5) is 10.3. The van der Waals surface area contributed by atoms with E-state index in [2.05, 4.69) is 10.1 Å². The molecule has 0 saturated carbocycles. The Bertz CT molecular complexity index is 363. The fourth-order valence-corrected chi connectivity index (χ4v) is 1.41. The number of amides is 1. The molecule has 0 aliphatic carbocycles. The Balaban J connectivity index is 2.24. The van der Waals surface area contributed by atoms with Crippen molar-refractivity contribution in [2.75, 3.05) is 13.2 Å². The minimum Gasteiger partial charge on any atom is -0.491 e. The molecule has 5 heteroatoms. The van der Waals surface area contributed by atoms with Crippen molar-refractivity contribution in [1.82, 2.24) is 5.32 Å². The van der Waals surface area contributed by atoms with Crippen molar-refractivity contribution in [3.8, 4) is 5.75 Å². The maximum Gasteiger partial charge on any atom is 0.404 e. The Hall–Kier alpha value is -1.75. The quantitative estimate of drug-likeness (QED) is 0.724. The monoisotopic (exact) mass is 252 g/mol. The fourth-order valence-electron chi connectivity index (χ4n) is 1.41. The van der Waals surface area contributed by atoms with Crippen LogP contribution in [0.4, 0.5) is 4.79 Å². The highest BCUT2D eigenvalue weighted by molar-refractivity contribution is 5.64. The van der Waals surface area contributed by atoms with E-state index in [0.717, 1.165) is 11.3 Å². The number of nitrogens with one attached hydrogen (secondary N) is 1. The van der Waals surface area contributed by atoms with Gasteiger partial charge in [-0.2, -0.15) is 0 Å². The molecule has 0 spiro atoms. The predicted molar refractivity (Wildman–Crippen MR) is 69.4 cm³/mol. The van der Waals surface area contributed by atoms with E-state index in [9.17, 15) is 4.79 Å². The molecule has 0 heterocycles. The highest BCUT2D eigenvalue weighted by Gasteiger charge is 1.98. The number of rotatable bonds is 7. The number of primary amides is 1. The van der Waals surface area contributed by atoms with Crippen molar-refractivity contribution in [2.24, 2.45) is 5.73 Å². The third-order valence-corrected chi connectivity index (χ3v) is 2.15. The summed E-state index contributed by atoms with van der Waals surface area (Å²) in [6.07, 6.45) is -0.563. The van der Waals surface area contributed by atoms with Gasteiger partial charge in [0.1, 0.15) is 12.4 Å². The third-order valence-electron chi connectivity index (χ3n) is 2.15. The molecule has 0 aliphatic rings. The molecule has 18 heavy (non-hydrogen) atoms. The molecule has 0 atom stereocenters. The molecular weight excluding hydrogens is 232 g/mol. The standard InChI is InChI=1S/C13H20N2O3/c1-10(2)18-12-5-3-11(4-6-12)9-15-7-8-17-13(14)16/h3-6,10,15H,7-9H2,1-2H3,(H2,14,16). The minimum absolute atomic E-state index is 0.180. The van der Waals surface area contributed by atoms with Gasteiger partial charge in [0, 0.05) is 13.1 Å². The van der Waals surface area contributed by atoms with Gasteiger partial charge in [0.05, 0.1) is 6.10 Å². The Kier molecular flexibility index (Phi) is 6.00. The molecule has 0 bridgehead atoms. The van der Waals surface area contributed by atoms with Gasteiger partial charge in [-0.3, -0.25) is 0 Å². The summed E-state index contributed by atoms with van der Waals surface area (Å²) in [5.74, 6) is 0.866. The Morgan fingerprint density at radius 3 is 2.56 bits per heavy atom. The number of ether oxygens (including phenoxy) is 2. The number of carbonyl (C=O) groups is 1. The minimum atomic E-state index is -0.744. The van der Waals surface area contributed by atoms with E-state index >= 15 is 0 Å². The zero-order chi connectivity index (χ0) is 13.4. The van der Waals surface area contributed by atoms with Gasteiger partial charge in [-0.1, -0.05) is 12.1 Å². The topological polar surface area (TPSA) is 73.6 Å². The van der Waals surface area contributed by atoms with Gasteiger partial charge < -0.3 is 20.5 Å². The third kappa shape index (κ3) is 6.10. The van der Waals surface area contributed by atoms with Gasteiger partial charge >= 0.3 is 6.09 Å². The van der Waals surface area contributed by atoms with Crippen LogP contribution in [0.25, 0.3) is 0 Å². The van der Waals surface area contributed by atoms with Gasteiger partial charge in [-0.15, -0.1) is 0 Å². The molecule has 1 rings (SSSR count). The van der Waals surface area contributed by atoms with Crippen molar-refractivity contribution >= 4 is 6.09 Å². The van der Waals surface area contributed by atoms with Gasteiger partial charge in [0.25, 0.3) is 0 Å². The molecule has 100 valence electrons. The molecule has 1 amide bonds. The van der Waals surface area contributed by atoms with Crippen molar-refractivity contribution in [3.05, 3.63) is 29.8 Å². The van der Waals surface area contributed by atoms with Crippen LogP contribution in [0.3, 0.4) is 0 Å². The molecule has 1 aromatic carbocycles. The first kappa shape index (κ1) is 14.3. The van der Waals surface area contributed by atoms with Crippen molar-refractivity contribution in [1.29, 1.82) is 0 Å². The second-order valence-corrected chi connectivity index (χ2v) is 4.15. The number of benzene rings is 1. The average Bonchev–Trinajstić information content (AvgIpc) is 2.30. The van der Waals surface area contributed by atoms with Gasteiger partial charge in [-0.25, -0.2) is 4.79 Å². The van der Waals surface area contributed by atoms with Crippen molar-refractivity contribution in [2.45, 2.75) is 26.5 Å². The lowest BCUT2D eigenvalue weighted by atomic mass is 10.2. The molecule has 5 nitrogen and oxygen atoms in total. The van der Waals surface area contributed by atoms with E-state index in [-0.39, 0.29) is 12.7 Å². The van der Waals surface area contributed by atoms with Crippen LogP contribution in [-0.2, 0) is 11.3 Å². The molecule has 0 fully saturated rings. The van der Waals surface area contributed by atoms with Gasteiger partial charge in [0.2, 0.25) is 0 Å². The molecule has 3 N–H and O–H groups in total. The largest absolute Gasteiger partial charge is 0.491 e. The second-order valence-electron chi connectivity index (χ2n) is 4.15. The Morgan fingerprint density at radius 2 is 2.00 bits per heavy atom. The maximum atomic E-state index is 10.3. The lowest BCUT2D eigenvalue weighted by molar-refractivity contribution is 0.157. The summed E-state index contributed by atoms with van der Waals surface area (Å²) < 4.78 is 10.1. The number of hydrogen-bond donors (Lipinski definition) is 2. The van der Waals surface area contributed by atoms with E-state index < -0.39 is 6.09 Å². The number of nitrogens with two attached hydrogens (primary N) is 1. The maximum absolute atomic E-state index is 10.3. The molecule has 1 aromatic rings. The molecule has 0 radical (unpaired) electrons. The smallest absolute Gasteiger partial charge is 0.404 e. The molecular formula is C13H20N2O3. The molecule has 0 aromatic heterocycles. The van der Waals surface area contributed by atoms with Crippen LogP contribution >= 0.6 is 0 Å². The van der Waals surface area contributed by atoms with Crippen LogP contribution in [0, 0.1) is 0 Å². The zero-order valence-electron chi connectivity index (χ0n) is 10.8. The van der Waals surface area contributed by atoms with Crippen LogP contribution in [0.2, 0.25) is 0 Å². The summed E-state index contributed by atoms with van der Waals surface area (Å²) in [5, 5.41) is 3.14. The normalized spacial score (nSPS) is 10.4. The lowest BCUT2D eigenvalue weighted by Crippen LogP contribution is -2.23. The summed E-state index contributed by atoms with van der Waals surface area (Å²) in [6, 6.07) is 7.88. The molecule has 0 aliphatic heterocycles. The van der Waals surface area contributed by atoms with E-state index in [4.69, 9.17) is 10.5 Å². The summed E-state index contributed by atoms with van der Waals surface area (Å²) >= 11 is 0. The Morgan fingerprint density at radius 1 is 1.33 bits per heavy atom. The van der Waals surface area contributed by atoms with Crippen LogP contribution in [0.5, 0.6) is 5.75 Å². The zero-order valence-corrected chi connectivity index (χ0v) is 10.8. The van der Waals surface area contributed by atoms with Crippen molar-refractivity contribution < 1.29 is 14.3 Å². The predicted octanol–water partition coefficient (Wildman–Crippen LogP) is 1.66. The summed E-state index contributed by atoms with van der Waals surface area (Å²) in [6.45, 7) is 5.56. The first-order valence-corrected chi connectivity index (χ1v) is 5.96. The summed E-state index contributed by atoms with van der Waals surface area (Å²) in [7, 11) is 0. The van der Waals surface area contributed by atoms with E-state index in [1.165, 1.54) is 0 Å².